The minimum atomic E-state index is -0.390. The van der Waals surface area contributed by atoms with Gasteiger partial charge in [0.2, 0.25) is 0 Å². The van der Waals surface area contributed by atoms with E-state index in [2.05, 4.69) is 10.5 Å². The highest BCUT2D eigenvalue weighted by atomic mass is 19.1. The molecule has 0 aliphatic rings. The molecule has 3 N–H and O–H groups in total. The van der Waals surface area contributed by atoms with Crippen LogP contribution in [0.5, 0.6) is 0 Å². The maximum absolute atomic E-state index is 14.4. The van der Waals surface area contributed by atoms with Crippen molar-refractivity contribution < 1.29 is 4.39 Å². The number of hydrogen-bond acceptors (Lipinski definition) is 3. The van der Waals surface area contributed by atoms with Crippen LogP contribution in [0.25, 0.3) is 0 Å². The summed E-state index contributed by atoms with van der Waals surface area (Å²) in [4.78, 5) is 0. The number of hydrogen-bond donors (Lipinski definition) is 2. The Morgan fingerprint density at radius 1 is 1.40 bits per heavy atom. The first-order valence-electron chi connectivity index (χ1n) is 6.73. The molecule has 0 fully saturated rings. The zero-order valence-electron chi connectivity index (χ0n) is 12.4. The largest absolute Gasteiger partial charge is 0.275 e. The average Bonchev–Trinajstić information content (AvgIpc) is 2.74. The van der Waals surface area contributed by atoms with E-state index in [0.29, 0.717) is 5.56 Å². The van der Waals surface area contributed by atoms with E-state index < -0.39 is 0 Å². The number of rotatable bonds is 4. The summed E-state index contributed by atoms with van der Waals surface area (Å²) in [6.45, 7) is 5.81. The topological polar surface area (TPSA) is 55.9 Å². The lowest BCUT2D eigenvalue weighted by molar-refractivity contribution is 0.554. The maximum Gasteiger partial charge on any atom is 0.128 e. The molecule has 1 heterocycles. The first kappa shape index (κ1) is 14.7. The van der Waals surface area contributed by atoms with Crippen LogP contribution in [0.2, 0.25) is 0 Å². The lowest BCUT2D eigenvalue weighted by Gasteiger charge is -2.20. The van der Waals surface area contributed by atoms with Crippen LogP contribution in [0.4, 0.5) is 4.39 Å². The highest BCUT2D eigenvalue weighted by Crippen LogP contribution is 2.29. The van der Waals surface area contributed by atoms with Crippen LogP contribution in [-0.2, 0) is 13.5 Å². The molecule has 2 rings (SSSR count). The molecule has 0 saturated heterocycles. The number of halogens is 1. The van der Waals surface area contributed by atoms with E-state index in [1.54, 1.807) is 4.68 Å². The van der Waals surface area contributed by atoms with Crippen molar-refractivity contribution in [2.24, 2.45) is 12.9 Å². The molecule has 1 aromatic carbocycles. The van der Waals surface area contributed by atoms with Crippen LogP contribution in [0.15, 0.2) is 18.3 Å². The Morgan fingerprint density at radius 3 is 2.65 bits per heavy atom. The summed E-state index contributed by atoms with van der Waals surface area (Å²) in [5, 5.41) is 4.40. The molecular weight excluding hydrogens is 255 g/mol. The van der Waals surface area contributed by atoms with E-state index in [0.717, 1.165) is 28.8 Å². The standard InChI is InChI=1S/C15H21FN4/c1-5-13-11(8-20(4)19-13)15(18-17)14-10(3)6-9(2)7-12(14)16/h6-8,15,18H,5,17H2,1-4H3. The van der Waals surface area contributed by atoms with Crippen molar-refractivity contribution >= 4 is 0 Å². The highest BCUT2D eigenvalue weighted by molar-refractivity contribution is 5.40. The molecule has 20 heavy (non-hydrogen) atoms. The molecule has 108 valence electrons. The molecule has 1 atom stereocenters. The molecule has 2 aromatic rings. The Hall–Kier alpha value is -1.72. The van der Waals surface area contributed by atoms with Crippen LogP contribution in [0.3, 0.4) is 0 Å². The first-order valence-corrected chi connectivity index (χ1v) is 6.73. The Kier molecular flexibility index (Phi) is 4.20. The van der Waals surface area contributed by atoms with Crippen LogP contribution in [-0.4, -0.2) is 9.78 Å². The van der Waals surface area contributed by atoms with Gasteiger partial charge < -0.3 is 0 Å². The molecule has 0 amide bonds. The van der Waals surface area contributed by atoms with E-state index in [-0.39, 0.29) is 11.9 Å². The maximum atomic E-state index is 14.4. The molecule has 5 heteroatoms. The van der Waals surface area contributed by atoms with Crippen LogP contribution in [0.1, 0.15) is 40.9 Å². The van der Waals surface area contributed by atoms with Gasteiger partial charge >= 0.3 is 0 Å². The minimum Gasteiger partial charge on any atom is -0.275 e. The second-order valence-corrected chi connectivity index (χ2v) is 5.14. The van der Waals surface area contributed by atoms with Gasteiger partial charge in [-0.15, -0.1) is 0 Å². The molecular formula is C15H21FN4. The van der Waals surface area contributed by atoms with E-state index in [1.165, 1.54) is 6.07 Å². The first-order chi connectivity index (χ1) is 9.47. The fourth-order valence-electron chi connectivity index (χ4n) is 2.69. The predicted molar refractivity (Wildman–Crippen MR) is 77.6 cm³/mol. The monoisotopic (exact) mass is 276 g/mol. The van der Waals surface area contributed by atoms with Crippen molar-refractivity contribution in [1.82, 2.24) is 15.2 Å². The van der Waals surface area contributed by atoms with Gasteiger partial charge in [0.05, 0.1) is 11.7 Å². The van der Waals surface area contributed by atoms with Crippen molar-refractivity contribution in [3.05, 3.63) is 52.1 Å². The molecule has 4 nitrogen and oxygen atoms in total. The molecule has 0 aliphatic carbocycles. The van der Waals surface area contributed by atoms with Crippen LogP contribution >= 0.6 is 0 Å². The fourth-order valence-corrected chi connectivity index (χ4v) is 2.69. The van der Waals surface area contributed by atoms with Crippen molar-refractivity contribution in [2.75, 3.05) is 0 Å². The van der Waals surface area contributed by atoms with Crippen molar-refractivity contribution in [3.8, 4) is 0 Å². The van der Waals surface area contributed by atoms with E-state index in [4.69, 9.17) is 5.84 Å². The third-order valence-electron chi connectivity index (χ3n) is 3.52. The van der Waals surface area contributed by atoms with E-state index in [1.807, 2.05) is 40.1 Å². The number of aryl methyl sites for hydroxylation is 4. The smallest absolute Gasteiger partial charge is 0.128 e. The van der Waals surface area contributed by atoms with Gasteiger partial charge in [-0.2, -0.15) is 5.10 Å². The summed E-state index contributed by atoms with van der Waals surface area (Å²) in [5.74, 6) is 5.45. The van der Waals surface area contributed by atoms with Gasteiger partial charge in [-0.05, 0) is 37.5 Å². The molecule has 0 aliphatic heterocycles. The third kappa shape index (κ3) is 2.59. The number of nitrogens with one attached hydrogen (secondary N) is 1. The van der Waals surface area contributed by atoms with Gasteiger partial charge in [-0.1, -0.05) is 13.0 Å². The van der Waals surface area contributed by atoms with Gasteiger partial charge in [0, 0.05) is 24.4 Å². The van der Waals surface area contributed by atoms with Gasteiger partial charge in [-0.3, -0.25) is 10.5 Å². The van der Waals surface area contributed by atoms with Crippen LogP contribution < -0.4 is 11.3 Å². The minimum absolute atomic E-state index is 0.239. The zero-order chi connectivity index (χ0) is 14.9. The molecule has 0 bridgehead atoms. The molecule has 0 radical (unpaired) electrons. The lowest BCUT2D eigenvalue weighted by Crippen LogP contribution is -2.30. The number of nitrogens with two attached hydrogens (primary N) is 1. The van der Waals surface area contributed by atoms with Gasteiger partial charge in [0.15, 0.2) is 0 Å². The number of nitrogens with zero attached hydrogens (tertiary/aromatic N) is 2. The summed E-state index contributed by atoms with van der Waals surface area (Å²) in [6, 6.07) is 3.11. The van der Waals surface area contributed by atoms with E-state index >= 15 is 0 Å². The summed E-state index contributed by atoms with van der Waals surface area (Å²) >= 11 is 0. The third-order valence-corrected chi connectivity index (χ3v) is 3.52. The number of hydrazine groups is 1. The molecule has 1 unspecified atom stereocenters. The Morgan fingerprint density at radius 2 is 2.10 bits per heavy atom. The second kappa shape index (κ2) is 5.73. The number of benzene rings is 1. The van der Waals surface area contributed by atoms with Crippen LogP contribution in [0, 0.1) is 19.7 Å². The molecule has 0 saturated carbocycles. The normalized spacial score (nSPS) is 12.7. The number of aromatic nitrogens is 2. The summed E-state index contributed by atoms with van der Waals surface area (Å²) in [7, 11) is 1.86. The Labute approximate surface area is 118 Å². The fraction of sp³-hybridized carbons (Fsp3) is 0.400. The summed E-state index contributed by atoms with van der Waals surface area (Å²) in [6.07, 6.45) is 2.67. The molecule has 0 spiro atoms. The Balaban J connectivity index is 2.58. The Bertz CT molecular complexity index is 595. The SMILES string of the molecule is CCc1nn(C)cc1C(NN)c1c(C)cc(C)cc1F. The second-order valence-electron chi connectivity index (χ2n) is 5.14. The summed E-state index contributed by atoms with van der Waals surface area (Å²) < 4.78 is 16.1. The zero-order valence-corrected chi connectivity index (χ0v) is 12.4. The predicted octanol–water partition coefficient (Wildman–Crippen LogP) is 2.29. The van der Waals surface area contributed by atoms with Crippen molar-refractivity contribution in [3.63, 3.8) is 0 Å². The summed E-state index contributed by atoms with van der Waals surface area (Å²) in [5.41, 5.74) is 6.95. The van der Waals surface area contributed by atoms with Gasteiger partial charge in [0.1, 0.15) is 5.82 Å². The van der Waals surface area contributed by atoms with Gasteiger partial charge in [-0.25, -0.2) is 9.82 Å². The average molecular weight is 276 g/mol. The van der Waals surface area contributed by atoms with Crippen molar-refractivity contribution in [1.29, 1.82) is 0 Å². The highest BCUT2D eigenvalue weighted by Gasteiger charge is 2.23. The van der Waals surface area contributed by atoms with E-state index in [9.17, 15) is 4.39 Å². The van der Waals surface area contributed by atoms with Gasteiger partial charge in [0.25, 0.3) is 0 Å². The molecule has 1 aromatic heterocycles. The quantitative estimate of drug-likeness (QED) is 0.665. The lowest BCUT2D eigenvalue weighted by atomic mass is 9.93. The van der Waals surface area contributed by atoms with Crippen molar-refractivity contribution in [2.45, 2.75) is 33.2 Å².